The molecule has 1 rings (SSSR count). The summed E-state index contributed by atoms with van der Waals surface area (Å²) in [5, 5.41) is 5.64. The minimum atomic E-state index is -1.31. The summed E-state index contributed by atoms with van der Waals surface area (Å²) < 4.78 is 0. The number of aliphatic imine (C=N–C) groups is 1. The maximum absolute atomic E-state index is 13.2. The second-order valence-electron chi connectivity index (χ2n) is 9.03. The van der Waals surface area contributed by atoms with Crippen molar-refractivity contribution in [2.45, 2.75) is 78.4 Å². The van der Waals surface area contributed by atoms with Crippen LogP contribution in [0.3, 0.4) is 0 Å². The smallest absolute Gasteiger partial charge is 0.252 e. The molecule has 9 heteroatoms. The molecule has 0 aliphatic heterocycles. The number of aryl methyl sites for hydroxylation is 2. The number of nitrogens with one attached hydrogen (secondary N) is 2. The van der Waals surface area contributed by atoms with Crippen LogP contribution in [0.15, 0.2) is 35.3 Å². The van der Waals surface area contributed by atoms with Gasteiger partial charge in [-0.15, -0.1) is 0 Å². The lowest BCUT2D eigenvalue weighted by Gasteiger charge is -2.28. The Morgan fingerprint density at radius 2 is 1.89 bits per heavy atom. The lowest BCUT2D eigenvalue weighted by atomic mass is 10.0. The predicted octanol–water partition coefficient (Wildman–Crippen LogP) is 2.05. The van der Waals surface area contributed by atoms with Gasteiger partial charge in [0.15, 0.2) is 12.0 Å². The lowest BCUT2D eigenvalue weighted by molar-refractivity contribution is -0.142. The van der Waals surface area contributed by atoms with E-state index in [1.54, 1.807) is 0 Å². The third-order valence-electron chi connectivity index (χ3n) is 5.77. The van der Waals surface area contributed by atoms with Gasteiger partial charge in [-0.05, 0) is 63.1 Å². The van der Waals surface area contributed by atoms with Gasteiger partial charge in [-0.2, -0.15) is 0 Å². The van der Waals surface area contributed by atoms with Crippen molar-refractivity contribution in [1.29, 1.82) is 0 Å². The van der Waals surface area contributed by atoms with Crippen molar-refractivity contribution >= 4 is 24.2 Å². The third-order valence-corrected chi connectivity index (χ3v) is 5.77. The van der Waals surface area contributed by atoms with E-state index in [0.29, 0.717) is 25.8 Å². The Hall–Kier alpha value is -3.36. The van der Waals surface area contributed by atoms with Crippen LogP contribution >= 0.6 is 0 Å². The van der Waals surface area contributed by atoms with Gasteiger partial charge in [-0.3, -0.25) is 19.4 Å². The van der Waals surface area contributed by atoms with Crippen molar-refractivity contribution in [1.82, 2.24) is 15.5 Å². The summed E-state index contributed by atoms with van der Waals surface area (Å²) in [6.45, 7) is 12.7. The highest BCUT2D eigenvalue weighted by molar-refractivity contribution is 6.05. The van der Waals surface area contributed by atoms with Crippen LogP contribution in [0.4, 0.5) is 0 Å². The SMILES string of the molecule is C=C(CCCC)CNC(=O)C(C(=O)NC(C)CCCN=C(N)N)N(C=O)Cc1ccc(C)c(C)c1. The number of carbonyl (C=O) groups excluding carboxylic acids is 3. The van der Waals surface area contributed by atoms with Crippen molar-refractivity contribution in [2.75, 3.05) is 13.1 Å². The first kappa shape index (κ1) is 29.7. The fourth-order valence-corrected chi connectivity index (χ4v) is 3.55. The summed E-state index contributed by atoms with van der Waals surface area (Å²) in [5.74, 6) is -1.05. The molecule has 3 amide bonds. The zero-order chi connectivity index (χ0) is 26.4. The van der Waals surface area contributed by atoms with Crippen molar-refractivity contribution in [3.05, 3.63) is 47.0 Å². The second kappa shape index (κ2) is 15.5. The van der Waals surface area contributed by atoms with Gasteiger partial charge in [0, 0.05) is 25.7 Å². The highest BCUT2D eigenvalue weighted by atomic mass is 16.2. The second-order valence-corrected chi connectivity index (χ2v) is 9.03. The van der Waals surface area contributed by atoms with E-state index in [4.69, 9.17) is 11.5 Å². The van der Waals surface area contributed by atoms with Gasteiger partial charge < -0.3 is 27.0 Å². The van der Waals surface area contributed by atoms with Crippen LogP contribution in [0.1, 0.15) is 62.6 Å². The maximum atomic E-state index is 13.2. The molecule has 0 fully saturated rings. The average Bonchev–Trinajstić information content (AvgIpc) is 2.80. The molecule has 6 N–H and O–H groups in total. The van der Waals surface area contributed by atoms with Crippen LogP contribution in [-0.4, -0.2) is 54.3 Å². The van der Waals surface area contributed by atoms with Gasteiger partial charge in [0.1, 0.15) is 0 Å². The van der Waals surface area contributed by atoms with Crippen LogP contribution in [0.25, 0.3) is 0 Å². The number of benzene rings is 1. The molecule has 9 nitrogen and oxygen atoms in total. The summed E-state index contributed by atoms with van der Waals surface area (Å²) in [6.07, 6.45) is 4.61. The molecule has 0 bridgehead atoms. The molecule has 0 saturated heterocycles. The first-order valence-electron chi connectivity index (χ1n) is 12.2. The normalized spacial score (nSPS) is 12.2. The van der Waals surface area contributed by atoms with Crippen LogP contribution in [0.2, 0.25) is 0 Å². The Kier molecular flexibility index (Phi) is 13.2. The molecule has 2 unspecified atom stereocenters. The molecule has 0 spiro atoms. The van der Waals surface area contributed by atoms with Gasteiger partial charge in [-0.1, -0.05) is 43.7 Å². The number of nitrogens with zero attached hydrogens (tertiary/aromatic N) is 2. The predicted molar refractivity (Wildman–Crippen MR) is 141 cm³/mol. The molecule has 194 valence electrons. The van der Waals surface area contributed by atoms with Gasteiger partial charge in [0.25, 0.3) is 11.8 Å². The third kappa shape index (κ3) is 11.1. The molecule has 0 aliphatic rings. The standard InChI is InChI=1S/C26H42N6O3/c1-6-7-9-18(2)15-30-24(34)23(25(35)31-21(5)10-8-13-29-26(27)28)32(17-33)16-22-12-11-19(3)20(4)14-22/h11-12,14,17,21,23H,2,6-10,13,15-16H2,1,3-5H3,(H,30,34)(H,31,35)(H4,27,28,29). The number of rotatable bonds is 16. The van der Waals surface area contributed by atoms with E-state index in [1.165, 1.54) is 4.90 Å². The highest BCUT2D eigenvalue weighted by Crippen LogP contribution is 2.14. The van der Waals surface area contributed by atoms with Crippen molar-refractivity contribution in [3.63, 3.8) is 0 Å². The van der Waals surface area contributed by atoms with Gasteiger partial charge in [0.2, 0.25) is 6.41 Å². The van der Waals surface area contributed by atoms with Crippen molar-refractivity contribution < 1.29 is 14.4 Å². The fraction of sp³-hybridized carbons (Fsp3) is 0.538. The van der Waals surface area contributed by atoms with Crippen LogP contribution in [0, 0.1) is 13.8 Å². The molecule has 0 aliphatic carbocycles. The number of amides is 3. The zero-order valence-electron chi connectivity index (χ0n) is 21.6. The average molecular weight is 487 g/mol. The van der Waals surface area contributed by atoms with E-state index in [1.807, 2.05) is 39.0 Å². The summed E-state index contributed by atoms with van der Waals surface area (Å²) in [7, 11) is 0. The first-order valence-corrected chi connectivity index (χ1v) is 12.2. The van der Waals surface area contributed by atoms with Gasteiger partial charge in [-0.25, -0.2) is 0 Å². The fourth-order valence-electron chi connectivity index (χ4n) is 3.55. The van der Waals surface area contributed by atoms with E-state index in [-0.39, 0.29) is 25.1 Å². The quantitative estimate of drug-likeness (QED) is 0.0706. The Bertz CT molecular complexity index is 895. The van der Waals surface area contributed by atoms with Gasteiger partial charge in [0.05, 0.1) is 0 Å². The van der Waals surface area contributed by atoms with Gasteiger partial charge >= 0.3 is 0 Å². The van der Waals surface area contributed by atoms with E-state index in [2.05, 4.69) is 29.1 Å². The summed E-state index contributed by atoms with van der Waals surface area (Å²) in [4.78, 5) is 43.6. The molecule has 1 aromatic carbocycles. The van der Waals surface area contributed by atoms with E-state index in [0.717, 1.165) is 41.5 Å². The first-order chi connectivity index (χ1) is 16.6. The Balaban J connectivity index is 2.98. The maximum Gasteiger partial charge on any atom is 0.252 e. The Morgan fingerprint density at radius 1 is 1.17 bits per heavy atom. The molecule has 1 aromatic rings. The molecule has 35 heavy (non-hydrogen) atoms. The number of nitrogens with two attached hydrogens (primary N) is 2. The molecule has 0 heterocycles. The van der Waals surface area contributed by atoms with Crippen molar-refractivity contribution in [2.24, 2.45) is 16.5 Å². The lowest BCUT2D eigenvalue weighted by Crippen LogP contribution is -2.56. The molecule has 0 saturated carbocycles. The number of hydrogen-bond acceptors (Lipinski definition) is 4. The minimum Gasteiger partial charge on any atom is -0.370 e. The molecule has 0 radical (unpaired) electrons. The minimum absolute atomic E-state index is 0.0203. The van der Waals surface area contributed by atoms with Crippen LogP contribution < -0.4 is 22.1 Å². The summed E-state index contributed by atoms with van der Waals surface area (Å²) >= 11 is 0. The molecular weight excluding hydrogens is 444 g/mol. The molecule has 0 aromatic heterocycles. The number of hydrogen-bond donors (Lipinski definition) is 4. The molecule has 2 atom stereocenters. The summed E-state index contributed by atoms with van der Waals surface area (Å²) in [5.41, 5.74) is 14.6. The van der Waals surface area contributed by atoms with E-state index < -0.39 is 17.9 Å². The zero-order valence-corrected chi connectivity index (χ0v) is 21.6. The van der Waals surface area contributed by atoms with Crippen molar-refractivity contribution in [3.8, 4) is 0 Å². The molecular formula is C26H42N6O3. The summed E-state index contributed by atoms with van der Waals surface area (Å²) in [6, 6.07) is 4.26. The largest absolute Gasteiger partial charge is 0.370 e. The topological polar surface area (TPSA) is 143 Å². The van der Waals surface area contributed by atoms with E-state index >= 15 is 0 Å². The number of guanidine groups is 1. The van der Waals surface area contributed by atoms with Crippen LogP contribution in [-0.2, 0) is 20.9 Å². The van der Waals surface area contributed by atoms with E-state index in [9.17, 15) is 14.4 Å². The number of carbonyl (C=O) groups is 3. The van der Waals surface area contributed by atoms with Crippen LogP contribution in [0.5, 0.6) is 0 Å². The Morgan fingerprint density at radius 3 is 2.49 bits per heavy atom. The highest BCUT2D eigenvalue weighted by Gasteiger charge is 2.33. The Labute approximate surface area is 209 Å². The monoisotopic (exact) mass is 486 g/mol. The number of unbranched alkanes of at least 4 members (excludes halogenated alkanes) is 1.